The lowest BCUT2D eigenvalue weighted by molar-refractivity contribution is -0.132. The standard InChI is InChI=1S/C32H39F2N5O4/c1-22(35-31(40)24-8-10-25(33)11-9-24)32(41)39-16-4-14-38(17-18-39)15-5-19-42-26-12-13-27(28(34)21-26)30-36-29(43-37-30)20-23-6-2-3-7-23/h8-13,21-23H,2-7,14-20H2,1H3,(H,35,40)/t22-/m1/s1. The van der Waals surface area contributed by atoms with Gasteiger partial charge in [-0.2, -0.15) is 4.98 Å². The Morgan fingerprint density at radius 1 is 1.05 bits per heavy atom. The number of nitrogens with one attached hydrogen (secondary N) is 1. The van der Waals surface area contributed by atoms with E-state index in [1.165, 1.54) is 56.0 Å². The van der Waals surface area contributed by atoms with Gasteiger partial charge in [0.15, 0.2) is 0 Å². The molecule has 0 unspecified atom stereocenters. The molecule has 1 atom stereocenters. The number of carbonyl (C=O) groups excluding carboxylic acids is 2. The summed E-state index contributed by atoms with van der Waals surface area (Å²) in [7, 11) is 0. The van der Waals surface area contributed by atoms with E-state index in [9.17, 15) is 18.4 Å². The summed E-state index contributed by atoms with van der Waals surface area (Å²) in [6.07, 6.45) is 7.14. The van der Waals surface area contributed by atoms with Gasteiger partial charge in [0.1, 0.15) is 23.4 Å². The number of nitrogens with zero attached hydrogens (tertiary/aromatic N) is 4. The second-order valence-electron chi connectivity index (χ2n) is 11.4. The number of rotatable bonds is 11. The first-order chi connectivity index (χ1) is 20.9. The van der Waals surface area contributed by atoms with Crippen LogP contribution >= 0.6 is 0 Å². The van der Waals surface area contributed by atoms with E-state index >= 15 is 0 Å². The minimum Gasteiger partial charge on any atom is -0.493 e. The van der Waals surface area contributed by atoms with E-state index in [4.69, 9.17) is 9.26 Å². The third-order valence-corrected chi connectivity index (χ3v) is 8.20. The van der Waals surface area contributed by atoms with Gasteiger partial charge in [0, 0.05) is 44.2 Å². The zero-order chi connectivity index (χ0) is 30.2. The minimum atomic E-state index is -0.691. The molecule has 3 aromatic rings. The van der Waals surface area contributed by atoms with Gasteiger partial charge in [0.2, 0.25) is 17.6 Å². The summed E-state index contributed by atoms with van der Waals surface area (Å²) in [5.41, 5.74) is 0.598. The fraction of sp³-hybridized carbons (Fsp3) is 0.500. The first-order valence-corrected chi connectivity index (χ1v) is 15.2. The van der Waals surface area contributed by atoms with Crippen molar-refractivity contribution in [1.82, 2.24) is 25.3 Å². The van der Waals surface area contributed by atoms with Crippen LogP contribution in [-0.4, -0.2) is 77.1 Å². The van der Waals surface area contributed by atoms with Crippen LogP contribution in [0.1, 0.15) is 61.7 Å². The number of carbonyl (C=O) groups is 2. The van der Waals surface area contributed by atoms with Crippen molar-refractivity contribution in [2.75, 3.05) is 39.3 Å². The van der Waals surface area contributed by atoms with Crippen LogP contribution in [0, 0.1) is 17.6 Å². The Morgan fingerprint density at radius 2 is 1.84 bits per heavy atom. The van der Waals surface area contributed by atoms with Gasteiger partial charge < -0.3 is 24.4 Å². The van der Waals surface area contributed by atoms with Crippen molar-refractivity contribution < 1.29 is 27.6 Å². The summed E-state index contributed by atoms with van der Waals surface area (Å²) in [5.74, 6) is 0.408. The van der Waals surface area contributed by atoms with Crippen LogP contribution in [0.5, 0.6) is 5.75 Å². The van der Waals surface area contributed by atoms with E-state index < -0.39 is 23.6 Å². The molecule has 9 nitrogen and oxygen atoms in total. The van der Waals surface area contributed by atoms with E-state index in [-0.39, 0.29) is 11.7 Å². The zero-order valence-corrected chi connectivity index (χ0v) is 24.6. The maximum Gasteiger partial charge on any atom is 0.251 e. The van der Waals surface area contributed by atoms with E-state index in [0.717, 1.165) is 32.4 Å². The molecule has 0 radical (unpaired) electrons. The van der Waals surface area contributed by atoms with Gasteiger partial charge in [-0.05, 0) is 81.5 Å². The van der Waals surface area contributed by atoms with Crippen molar-refractivity contribution in [3.8, 4) is 17.1 Å². The smallest absolute Gasteiger partial charge is 0.251 e. The Labute approximate surface area is 250 Å². The van der Waals surface area contributed by atoms with Crippen molar-refractivity contribution in [2.24, 2.45) is 5.92 Å². The molecule has 1 N–H and O–H groups in total. The van der Waals surface area contributed by atoms with E-state index in [0.29, 0.717) is 54.9 Å². The first-order valence-electron chi connectivity index (χ1n) is 15.2. The van der Waals surface area contributed by atoms with Gasteiger partial charge in [0.25, 0.3) is 5.91 Å². The second-order valence-corrected chi connectivity index (χ2v) is 11.4. The first kappa shape index (κ1) is 30.6. The van der Waals surface area contributed by atoms with E-state index in [1.807, 2.05) is 0 Å². The highest BCUT2D eigenvalue weighted by atomic mass is 19.1. The molecule has 2 aliphatic rings. The van der Waals surface area contributed by atoms with Crippen LogP contribution in [0.15, 0.2) is 47.0 Å². The monoisotopic (exact) mass is 595 g/mol. The maximum atomic E-state index is 14.8. The molecule has 2 amide bonds. The number of hydrogen-bond donors (Lipinski definition) is 1. The highest BCUT2D eigenvalue weighted by Gasteiger charge is 2.25. The topological polar surface area (TPSA) is 101 Å². The van der Waals surface area contributed by atoms with Crippen LogP contribution < -0.4 is 10.1 Å². The molecule has 0 spiro atoms. The fourth-order valence-electron chi connectivity index (χ4n) is 5.79. The summed E-state index contributed by atoms with van der Waals surface area (Å²) < 4.78 is 39.2. The average Bonchev–Trinajstić information content (AvgIpc) is 3.63. The van der Waals surface area contributed by atoms with Crippen molar-refractivity contribution in [1.29, 1.82) is 0 Å². The molecular formula is C32H39F2N5O4. The average molecular weight is 596 g/mol. The lowest BCUT2D eigenvalue weighted by Crippen LogP contribution is -2.48. The Bertz CT molecular complexity index is 1380. The van der Waals surface area contributed by atoms with Gasteiger partial charge in [-0.15, -0.1) is 0 Å². The molecule has 2 fully saturated rings. The summed E-state index contributed by atoms with van der Waals surface area (Å²) in [6.45, 7) is 5.59. The van der Waals surface area contributed by atoms with Gasteiger partial charge >= 0.3 is 0 Å². The lowest BCUT2D eigenvalue weighted by atomic mass is 10.0. The lowest BCUT2D eigenvalue weighted by Gasteiger charge is -2.25. The predicted molar refractivity (Wildman–Crippen MR) is 156 cm³/mol. The normalized spacial score (nSPS) is 17.0. The van der Waals surface area contributed by atoms with Crippen LogP contribution in [0.3, 0.4) is 0 Å². The van der Waals surface area contributed by atoms with E-state index in [1.54, 1.807) is 24.0 Å². The third kappa shape index (κ3) is 8.37. The van der Waals surface area contributed by atoms with Crippen molar-refractivity contribution >= 4 is 11.8 Å². The summed E-state index contributed by atoms with van der Waals surface area (Å²) in [5, 5.41) is 6.69. The van der Waals surface area contributed by atoms with Crippen LogP contribution in [0.2, 0.25) is 0 Å². The van der Waals surface area contributed by atoms with Crippen LogP contribution in [-0.2, 0) is 11.2 Å². The van der Waals surface area contributed by atoms with Gasteiger partial charge in [-0.25, -0.2) is 8.78 Å². The number of halogens is 2. The van der Waals surface area contributed by atoms with Crippen LogP contribution in [0.25, 0.3) is 11.4 Å². The molecule has 2 heterocycles. The summed E-state index contributed by atoms with van der Waals surface area (Å²) in [6, 6.07) is 9.22. The van der Waals surface area contributed by atoms with Gasteiger partial charge in [-0.1, -0.05) is 18.0 Å². The third-order valence-electron chi connectivity index (χ3n) is 8.20. The number of hydrogen-bond acceptors (Lipinski definition) is 7. The largest absolute Gasteiger partial charge is 0.493 e. The maximum absolute atomic E-state index is 14.8. The second kappa shape index (κ2) is 14.5. The van der Waals surface area contributed by atoms with E-state index in [2.05, 4.69) is 20.4 Å². The molecule has 1 aliphatic heterocycles. The van der Waals surface area contributed by atoms with Crippen molar-refractivity contribution in [3.05, 3.63) is 65.6 Å². The number of aromatic nitrogens is 2. The molecule has 1 aliphatic carbocycles. The minimum absolute atomic E-state index is 0.142. The highest BCUT2D eigenvalue weighted by molar-refractivity contribution is 5.97. The Hall–Kier alpha value is -3.86. The Balaban J connectivity index is 1.02. The summed E-state index contributed by atoms with van der Waals surface area (Å²) in [4.78, 5) is 33.9. The zero-order valence-electron chi connectivity index (χ0n) is 24.6. The molecule has 0 bridgehead atoms. The highest BCUT2D eigenvalue weighted by Crippen LogP contribution is 2.29. The predicted octanol–water partition coefficient (Wildman–Crippen LogP) is 4.87. The van der Waals surface area contributed by atoms with Crippen LogP contribution in [0.4, 0.5) is 8.78 Å². The molecule has 2 aromatic carbocycles. The molecular weight excluding hydrogens is 556 g/mol. The number of amides is 2. The van der Waals surface area contributed by atoms with Crippen molar-refractivity contribution in [2.45, 2.75) is 57.9 Å². The van der Waals surface area contributed by atoms with Gasteiger partial charge in [-0.3, -0.25) is 9.59 Å². The quantitative estimate of drug-likeness (QED) is 0.316. The molecule has 43 heavy (non-hydrogen) atoms. The Morgan fingerprint density at radius 3 is 2.60 bits per heavy atom. The molecule has 5 rings (SSSR count). The number of benzene rings is 2. The molecule has 1 saturated heterocycles. The molecule has 1 saturated carbocycles. The fourth-order valence-corrected chi connectivity index (χ4v) is 5.79. The SMILES string of the molecule is C[C@@H](NC(=O)c1ccc(F)cc1)C(=O)N1CCCN(CCCOc2ccc(-c3noc(CC4CCCC4)n3)c(F)c2)CC1. The Kier molecular flexibility index (Phi) is 10.3. The molecule has 11 heteroatoms. The molecule has 230 valence electrons. The van der Waals surface area contributed by atoms with Crippen molar-refractivity contribution in [3.63, 3.8) is 0 Å². The molecule has 1 aromatic heterocycles. The number of ether oxygens (including phenoxy) is 1. The summed E-state index contributed by atoms with van der Waals surface area (Å²) >= 11 is 0. The van der Waals surface area contributed by atoms with Gasteiger partial charge in [0.05, 0.1) is 12.2 Å².